The minimum atomic E-state index is -0.860. The van der Waals surface area contributed by atoms with Gasteiger partial charge in [-0.15, -0.1) is 0 Å². The van der Waals surface area contributed by atoms with E-state index in [1.807, 2.05) is 27.7 Å². The van der Waals surface area contributed by atoms with Crippen molar-refractivity contribution in [2.24, 2.45) is 11.3 Å². The lowest BCUT2D eigenvalue weighted by Crippen LogP contribution is -2.44. The standard InChI is InChI=1S/C16H32N2O3/c1-6-7-8-9-12(2)18-15(21)17-11-13(14(19)20)10-16(3,4)5/h12-13H,6-11H2,1-5H3,(H,19,20)(H2,17,18,21). The first-order chi connectivity index (χ1) is 9.65. The third-order valence-electron chi connectivity index (χ3n) is 3.34. The summed E-state index contributed by atoms with van der Waals surface area (Å²) in [6, 6.07) is -0.165. The lowest BCUT2D eigenvalue weighted by atomic mass is 9.84. The van der Waals surface area contributed by atoms with E-state index in [1.165, 1.54) is 6.42 Å². The molecule has 0 heterocycles. The van der Waals surface area contributed by atoms with Gasteiger partial charge in [0.25, 0.3) is 0 Å². The second-order valence-electron chi connectivity index (χ2n) is 7.05. The van der Waals surface area contributed by atoms with Crippen molar-refractivity contribution in [2.75, 3.05) is 6.54 Å². The number of carboxylic acids is 1. The van der Waals surface area contributed by atoms with Crippen molar-refractivity contribution in [1.82, 2.24) is 10.6 Å². The number of rotatable bonds is 9. The van der Waals surface area contributed by atoms with Crippen LogP contribution in [0.25, 0.3) is 0 Å². The van der Waals surface area contributed by atoms with Crippen LogP contribution in [0.1, 0.15) is 66.7 Å². The molecule has 2 amide bonds. The topological polar surface area (TPSA) is 78.4 Å². The molecule has 0 bridgehead atoms. The molecule has 0 radical (unpaired) electrons. The van der Waals surface area contributed by atoms with E-state index in [0.29, 0.717) is 6.42 Å². The average Bonchev–Trinajstić information content (AvgIpc) is 2.33. The Kier molecular flexibility index (Phi) is 9.06. The van der Waals surface area contributed by atoms with Gasteiger partial charge in [-0.1, -0.05) is 47.0 Å². The maximum atomic E-state index is 11.8. The first kappa shape index (κ1) is 19.7. The number of hydrogen-bond donors (Lipinski definition) is 3. The molecule has 0 aromatic heterocycles. The van der Waals surface area contributed by atoms with E-state index < -0.39 is 11.9 Å². The first-order valence-corrected chi connectivity index (χ1v) is 7.93. The third kappa shape index (κ3) is 11.1. The molecule has 5 nitrogen and oxygen atoms in total. The number of nitrogens with one attached hydrogen (secondary N) is 2. The summed E-state index contributed by atoms with van der Waals surface area (Å²) < 4.78 is 0. The number of hydrogen-bond acceptors (Lipinski definition) is 2. The zero-order valence-corrected chi connectivity index (χ0v) is 14.2. The molecular weight excluding hydrogens is 268 g/mol. The zero-order valence-electron chi connectivity index (χ0n) is 14.2. The molecule has 0 aromatic carbocycles. The first-order valence-electron chi connectivity index (χ1n) is 7.93. The number of carbonyl (C=O) groups excluding carboxylic acids is 1. The molecule has 0 saturated carbocycles. The minimum Gasteiger partial charge on any atom is -0.481 e. The molecule has 0 aromatic rings. The van der Waals surface area contributed by atoms with Crippen LogP contribution in [-0.4, -0.2) is 29.7 Å². The molecule has 0 fully saturated rings. The van der Waals surface area contributed by atoms with Gasteiger partial charge in [0, 0.05) is 12.6 Å². The number of aliphatic carboxylic acids is 1. The van der Waals surface area contributed by atoms with Gasteiger partial charge in [0.05, 0.1) is 5.92 Å². The van der Waals surface area contributed by atoms with Crippen molar-refractivity contribution >= 4 is 12.0 Å². The fraction of sp³-hybridized carbons (Fsp3) is 0.875. The molecule has 0 aliphatic heterocycles. The van der Waals surface area contributed by atoms with Crippen LogP contribution < -0.4 is 10.6 Å². The average molecular weight is 300 g/mol. The fourth-order valence-corrected chi connectivity index (χ4v) is 2.25. The molecular formula is C16H32N2O3. The summed E-state index contributed by atoms with van der Waals surface area (Å²) in [6.07, 6.45) is 4.91. The van der Waals surface area contributed by atoms with Gasteiger partial charge < -0.3 is 15.7 Å². The van der Waals surface area contributed by atoms with Gasteiger partial charge in [-0.05, 0) is 25.2 Å². The molecule has 0 saturated heterocycles. The quantitative estimate of drug-likeness (QED) is 0.571. The van der Waals surface area contributed by atoms with Crippen molar-refractivity contribution in [1.29, 1.82) is 0 Å². The van der Waals surface area contributed by atoms with Crippen LogP contribution in [0.3, 0.4) is 0 Å². The Bertz CT molecular complexity index is 324. The molecule has 3 N–H and O–H groups in total. The van der Waals surface area contributed by atoms with Crippen molar-refractivity contribution in [3.05, 3.63) is 0 Å². The summed E-state index contributed by atoms with van der Waals surface area (Å²) in [6.45, 7) is 10.3. The summed E-state index contributed by atoms with van der Waals surface area (Å²) in [5.74, 6) is -1.41. The molecule has 2 atom stereocenters. The Hall–Kier alpha value is -1.26. The van der Waals surface area contributed by atoms with Crippen LogP contribution in [-0.2, 0) is 4.79 Å². The molecule has 0 rings (SSSR count). The van der Waals surface area contributed by atoms with E-state index in [4.69, 9.17) is 0 Å². The van der Waals surface area contributed by atoms with E-state index in [1.54, 1.807) is 0 Å². The molecule has 124 valence electrons. The highest BCUT2D eigenvalue weighted by Crippen LogP contribution is 2.24. The monoisotopic (exact) mass is 300 g/mol. The second-order valence-corrected chi connectivity index (χ2v) is 7.05. The van der Waals surface area contributed by atoms with Gasteiger partial charge in [0.15, 0.2) is 0 Å². The zero-order chi connectivity index (χ0) is 16.5. The summed E-state index contributed by atoms with van der Waals surface area (Å²) in [5.41, 5.74) is -0.0747. The van der Waals surface area contributed by atoms with Crippen molar-refractivity contribution in [3.63, 3.8) is 0 Å². The van der Waals surface area contributed by atoms with Gasteiger partial charge in [0.1, 0.15) is 0 Å². The number of carbonyl (C=O) groups is 2. The molecule has 2 unspecified atom stereocenters. The SMILES string of the molecule is CCCCCC(C)NC(=O)NCC(CC(C)(C)C)C(=O)O. The Morgan fingerprint density at radius 3 is 2.29 bits per heavy atom. The van der Waals surface area contributed by atoms with Gasteiger partial charge in [-0.3, -0.25) is 4.79 Å². The molecule has 0 spiro atoms. The smallest absolute Gasteiger partial charge is 0.315 e. The Balaban J connectivity index is 4.10. The van der Waals surface area contributed by atoms with Gasteiger partial charge in [0.2, 0.25) is 0 Å². The highest BCUT2D eigenvalue weighted by Gasteiger charge is 2.25. The summed E-state index contributed by atoms with van der Waals surface area (Å²) in [7, 11) is 0. The molecule has 0 aliphatic carbocycles. The van der Waals surface area contributed by atoms with E-state index in [9.17, 15) is 14.7 Å². The lowest BCUT2D eigenvalue weighted by Gasteiger charge is -2.23. The number of carboxylic acid groups (broad SMARTS) is 1. The maximum Gasteiger partial charge on any atom is 0.315 e. The predicted molar refractivity (Wildman–Crippen MR) is 85.3 cm³/mol. The highest BCUT2D eigenvalue weighted by molar-refractivity contribution is 5.76. The normalized spacial score (nSPS) is 14.3. The lowest BCUT2D eigenvalue weighted by molar-refractivity contribution is -0.142. The van der Waals surface area contributed by atoms with Gasteiger partial charge in [-0.25, -0.2) is 4.79 Å². The Labute approximate surface area is 128 Å². The van der Waals surface area contributed by atoms with Crippen LogP contribution in [0.4, 0.5) is 4.79 Å². The second kappa shape index (κ2) is 9.64. The van der Waals surface area contributed by atoms with Crippen LogP contribution in [0.15, 0.2) is 0 Å². The minimum absolute atomic E-state index is 0.0747. The van der Waals surface area contributed by atoms with Crippen molar-refractivity contribution in [3.8, 4) is 0 Å². The number of amides is 2. The molecule has 0 aliphatic rings. The van der Waals surface area contributed by atoms with Crippen molar-refractivity contribution < 1.29 is 14.7 Å². The van der Waals surface area contributed by atoms with E-state index >= 15 is 0 Å². The summed E-state index contributed by atoms with van der Waals surface area (Å²) >= 11 is 0. The van der Waals surface area contributed by atoms with Gasteiger partial charge in [-0.2, -0.15) is 0 Å². The van der Waals surface area contributed by atoms with E-state index in [-0.39, 0.29) is 24.0 Å². The van der Waals surface area contributed by atoms with Crippen LogP contribution in [0, 0.1) is 11.3 Å². The third-order valence-corrected chi connectivity index (χ3v) is 3.34. The number of urea groups is 1. The number of unbranched alkanes of at least 4 members (excludes halogenated alkanes) is 2. The summed E-state index contributed by atoms with van der Waals surface area (Å²) in [5, 5.41) is 14.7. The maximum absolute atomic E-state index is 11.8. The molecule has 5 heteroatoms. The molecule has 21 heavy (non-hydrogen) atoms. The summed E-state index contributed by atoms with van der Waals surface area (Å²) in [4.78, 5) is 23.0. The Morgan fingerprint density at radius 1 is 1.19 bits per heavy atom. The van der Waals surface area contributed by atoms with E-state index in [0.717, 1.165) is 19.3 Å². The highest BCUT2D eigenvalue weighted by atomic mass is 16.4. The van der Waals surface area contributed by atoms with E-state index in [2.05, 4.69) is 17.6 Å². The fourth-order valence-electron chi connectivity index (χ4n) is 2.25. The Morgan fingerprint density at radius 2 is 1.81 bits per heavy atom. The van der Waals surface area contributed by atoms with Gasteiger partial charge >= 0.3 is 12.0 Å². The largest absolute Gasteiger partial charge is 0.481 e. The van der Waals surface area contributed by atoms with Crippen LogP contribution in [0.2, 0.25) is 0 Å². The predicted octanol–water partition coefficient (Wildman–Crippen LogP) is 3.39. The van der Waals surface area contributed by atoms with Crippen LogP contribution >= 0.6 is 0 Å². The van der Waals surface area contributed by atoms with Crippen LogP contribution in [0.5, 0.6) is 0 Å². The van der Waals surface area contributed by atoms with Crippen molar-refractivity contribution in [2.45, 2.75) is 72.8 Å².